The molecule has 6 heteroatoms. The molecular formula is C63H104O6. The van der Waals surface area contributed by atoms with Crippen molar-refractivity contribution in [3.05, 3.63) is 109 Å². The molecule has 392 valence electrons. The minimum atomic E-state index is -0.811. The predicted octanol–water partition coefficient (Wildman–Crippen LogP) is 19.1. The quantitative estimate of drug-likeness (QED) is 0.0199. The van der Waals surface area contributed by atoms with Crippen molar-refractivity contribution < 1.29 is 28.6 Å². The van der Waals surface area contributed by atoms with Crippen LogP contribution in [0.2, 0.25) is 0 Å². The van der Waals surface area contributed by atoms with Crippen LogP contribution in [0.3, 0.4) is 0 Å². The van der Waals surface area contributed by atoms with Gasteiger partial charge in [0.15, 0.2) is 6.10 Å². The highest BCUT2D eigenvalue weighted by Crippen LogP contribution is 2.14. The summed E-state index contributed by atoms with van der Waals surface area (Å²) in [5, 5.41) is 0. The number of carbonyl (C=O) groups is 3. The first-order valence-corrected chi connectivity index (χ1v) is 28.5. The van der Waals surface area contributed by atoms with E-state index in [9.17, 15) is 14.4 Å². The van der Waals surface area contributed by atoms with Crippen LogP contribution in [0, 0.1) is 0 Å². The predicted molar refractivity (Wildman–Crippen MR) is 297 cm³/mol. The molecule has 0 aromatic heterocycles. The number of hydrogen-bond donors (Lipinski definition) is 0. The Morgan fingerprint density at radius 1 is 0.304 bits per heavy atom. The fraction of sp³-hybridized carbons (Fsp3) is 0.667. The van der Waals surface area contributed by atoms with Crippen molar-refractivity contribution in [1.29, 1.82) is 0 Å². The lowest BCUT2D eigenvalue weighted by Crippen LogP contribution is -2.30. The molecule has 0 spiro atoms. The van der Waals surface area contributed by atoms with Gasteiger partial charge < -0.3 is 14.2 Å². The van der Waals surface area contributed by atoms with Crippen molar-refractivity contribution in [2.75, 3.05) is 13.2 Å². The lowest BCUT2D eigenvalue weighted by atomic mass is 10.1. The van der Waals surface area contributed by atoms with Crippen LogP contribution >= 0.6 is 0 Å². The maximum atomic E-state index is 12.9. The zero-order valence-electron chi connectivity index (χ0n) is 44.8. The Bertz CT molecular complexity index is 1420. The van der Waals surface area contributed by atoms with Crippen molar-refractivity contribution >= 4 is 17.9 Å². The summed E-state index contributed by atoms with van der Waals surface area (Å²) < 4.78 is 16.8. The van der Waals surface area contributed by atoms with Crippen molar-refractivity contribution in [3.8, 4) is 0 Å². The fourth-order valence-electron chi connectivity index (χ4n) is 7.64. The molecule has 1 atom stereocenters. The van der Waals surface area contributed by atoms with Crippen LogP contribution in [0.25, 0.3) is 0 Å². The number of unbranched alkanes of at least 4 members (excludes halogenated alkanes) is 27. The van der Waals surface area contributed by atoms with Crippen LogP contribution in [0.5, 0.6) is 0 Å². The third kappa shape index (κ3) is 54.9. The van der Waals surface area contributed by atoms with Crippen LogP contribution in [-0.2, 0) is 28.6 Å². The van der Waals surface area contributed by atoms with E-state index >= 15 is 0 Å². The largest absolute Gasteiger partial charge is 0.462 e. The van der Waals surface area contributed by atoms with Crippen LogP contribution < -0.4 is 0 Å². The van der Waals surface area contributed by atoms with E-state index < -0.39 is 6.10 Å². The second kappa shape index (κ2) is 56.7. The first kappa shape index (κ1) is 65.1. The topological polar surface area (TPSA) is 78.9 Å². The highest BCUT2D eigenvalue weighted by molar-refractivity contribution is 5.71. The van der Waals surface area contributed by atoms with E-state index in [0.717, 1.165) is 109 Å². The number of rotatable bonds is 50. The molecule has 0 fully saturated rings. The number of ether oxygens (including phenoxy) is 3. The SMILES string of the molecule is CC\C=C/C=C\C=C/C=C\C=C/CCCCCC(=O)OCC(COC(=O)CCCCCCC\C=C/C=C\C=C/CCCCCCC)OC(=O)CCCCCCC/C=C\CCCCCCCCCCC. The molecule has 0 saturated carbocycles. The Balaban J connectivity index is 4.51. The average Bonchev–Trinajstić information content (AvgIpc) is 3.35. The fourth-order valence-corrected chi connectivity index (χ4v) is 7.64. The van der Waals surface area contributed by atoms with Gasteiger partial charge in [-0.3, -0.25) is 14.4 Å². The Hall–Kier alpha value is -3.93. The molecule has 0 radical (unpaired) electrons. The summed E-state index contributed by atoms with van der Waals surface area (Å²) in [6.45, 7) is 6.42. The van der Waals surface area contributed by atoms with Crippen LogP contribution in [0.4, 0.5) is 0 Å². The van der Waals surface area contributed by atoms with Gasteiger partial charge in [-0.1, -0.05) is 252 Å². The van der Waals surface area contributed by atoms with Crippen molar-refractivity contribution in [2.24, 2.45) is 0 Å². The van der Waals surface area contributed by atoms with Gasteiger partial charge in [0.2, 0.25) is 0 Å². The van der Waals surface area contributed by atoms with Gasteiger partial charge in [0, 0.05) is 19.3 Å². The van der Waals surface area contributed by atoms with Gasteiger partial charge in [0.05, 0.1) is 0 Å². The van der Waals surface area contributed by atoms with Gasteiger partial charge in [-0.15, -0.1) is 0 Å². The maximum Gasteiger partial charge on any atom is 0.306 e. The zero-order valence-corrected chi connectivity index (χ0v) is 44.8. The summed E-state index contributed by atoms with van der Waals surface area (Å²) in [5.74, 6) is -0.976. The molecule has 0 saturated heterocycles. The van der Waals surface area contributed by atoms with E-state index in [2.05, 4.69) is 81.5 Å². The monoisotopic (exact) mass is 957 g/mol. The van der Waals surface area contributed by atoms with Gasteiger partial charge in [-0.25, -0.2) is 0 Å². The van der Waals surface area contributed by atoms with E-state index in [1.807, 2.05) is 48.6 Å². The molecule has 0 rings (SSSR count). The van der Waals surface area contributed by atoms with E-state index in [-0.39, 0.29) is 31.1 Å². The maximum absolute atomic E-state index is 12.9. The summed E-state index contributed by atoms with van der Waals surface area (Å²) >= 11 is 0. The molecular weight excluding hydrogens is 853 g/mol. The summed E-state index contributed by atoms with van der Waals surface area (Å²) in [4.78, 5) is 38.1. The Morgan fingerprint density at radius 3 is 0.942 bits per heavy atom. The lowest BCUT2D eigenvalue weighted by Gasteiger charge is -2.18. The van der Waals surface area contributed by atoms with Crippen molar-refractivity contribution in [3.63, 3.8) is 0 Å². The summed E-state index contributed by atoms with van der Waals surface area (Å²) in [5.41, 5.74) is 0. The van der Waals surface area contributed by atoms with Gasteiger partial charge in [-0.2, -0.15) is 0 Å². The molecule has 0 aromatic rings. The highest BCUT2D eigenvalue weighted by atomic mass is 16.6. The average molecular weight is 958 g/mol. The lowest BCUT2D eigenvalue weighted by molar-refractivity contribution is -0.167. The summed E-state index contributed by atoms with van der Waals surface area (Å²) in [7, 11) is 0. The molecule has 0 aliphatic carbocycles. The zero-order chi connectivity index (χ0) is 50.0. The molecule has 0 bridgehead atoms. The van der Waals surface area contributed by atoms with Crippen molar-refractivity contribution in [2.45, 2.75) is 258 Å². The van der Waals surface area contributed by atoms with E-state index in [1.165, 1.54) is 103 Å². The van der Waals surface area contributed by atoms with E-state index in [1.54, 1.807) is 0 Å². The van der Waals surface area contributed by atoms with Crippen LogP contribution in [0.1, 0.15) is 252 Å². The molecule has 1 unspecified atom stereocenters. The Kier molecular flexibility index (Phi) is 53.4. The first-order valence-electron chi connectivity index (χ1n) is 28.5. The Labute approximate surface area is 425 Å². The van der Waals surface area contributed by atoms with Crippen LogP contribution in [-0.4, -0.2) is 37.2 Å². The normalized spacial score (nSPS) is 12.9. The van der Waals surface area contributed by atoms with E-state index in [0.29, 0.717) is 19.3 Å². The van der Waals surface area contributed by atoms with E-state index in [4.69, 9.17) is 14.2 Å². The highest BCUT2D eigenvalue weighted by Gasteiger charge is 2.19. The minimum absolute atomic E-state index is 0.107. The molecule has 0 aliphatic heterocycles. The molecule has 0 aromatic carbocycles. The third-order valence-corrected chi connectivity index (χ3v) is 11.9. The molecule has 0 amide bonds. The van der Waals surface area contributed by atoms with Gasteiger partial charge in [0.1, 0.15) is 13.2 Å². The standard InChI is InChI=1S/C63H104O6/c1-4-7-10-13-16-19-22-25-28-30-32-35-38-41-44-47-50-53-56-62(65)68-59-60(58-67-61(64)55-52-49-46-43-40-37-34-27-24-21-18-15-12-9-6-3)69-63(66)57-54-51-48-45-42-39-36-33-31-29-26-23-20-17-14-11-8-5-2/h9,12,15,18,21-22,24-25,27-28,30,32-37,40,60H,4-8,10-11,13-14,16-17,19-20,23,26,29,31,38-39,41-59H2,1-3H3/b12-9-,18-15-,24-21-,25-22-,30-28-,34-27-,35-32-,36-33-,40-37-. The molecule has 69 heavy (non-hydrogen) atoms. The number of allylic oxidation sites excluding steroid dienone is 18. The second-order valence-corrected chi connectivity index (χ2v) is 18.6. The molecule has 0 aliphatic rings. The smallest absolute Gasteiger partial charge is 0.306 e. The minimum Gasteiger partial charge on any atom is -0.462 e. The number of carbonyl (C=O) groups excluding carboxylic acids is 3. The molecule has 0 heterocycles. The molecule has 0 N–H and O–H groups in total. The Morgan fingerprint density at radius 2 is 0.580 bits per heavy atom. The number of hydrogen-bond acceptors (Lipinski definition) is 6. The van der Waals surface area contributed by atoms with Gasteiger partial charge >= 0.3 is 17.9 Å². The second-order valence-electron chi connectivity index (χ2n) is 18.6. The van der Waals surface area contributed by atoms with Gasteiger partial charge in [-0.05, 0) is 89.9 Å². The summed E-state index contributed by atoms with van der Waals surface area (Å²) in [6, 6.07) is 0. The van der Waals surface area contributed by atoms with Crippen molar-refractivity contribution in [1.82, 2.24) is 0 Å². The third-order valence-electron chi connectivity index (χ3n) is 11.9. The van der Waals surface area contributed by atoms with Gasteiger partial charge in [0.25, 0.3) is 0 Å². The summed E-state index contributed by atoms with van der Waals surface area (Å²) in [6.07, 6.45) is 76.4. The van der Waals surface area contributed by atoms with Crippen LogP contribution in [0.15, 0.2) is 109 Å². The first-order chi connectivity index (χ1) is 34.0. The molecule has 6 nitrogen and oxygen atoms in total. The number of esters is 3.